The van der Waals surface area contributed by atoms with Crippen LogP contribution in [0.25, 0.3) is 0 Å². The molecule has 1 aromatic heterocycles. The van der Waals surface area contributed by atoms with E-state index in [1.165, 1.54) is 0 Å². The first-order chi connectivity index (χ1) is 8.43. The van der Waals surface area contributed by atoms with Crippen molar-refractivity contribution in [3.8, 4) is 0 Å². The summed E-state index contributed by atoms with van der Waals surface area (Å²) in [5, 5.41) is 9.58. The number of Topliss-reactive ketones (excluding diaryl/α,β-unsaturated/α-hetero) is 1. The third-order valence-corrected chi connectivity index (χ3v) is 2.74. The minimum absolute atomic E-state index is 0.0592. The van der Waals surface area contributed by atoms with E-state index in [0.717, 1.165) is 17.0 Å². The van der Waals surface area contributed by atoms with Crippen molar-refractivity contribution < 1.29 is 14.6 Å². The summed E-state index contributed by atoms with van der Waals surface area (Å²) in [6.07, 6.45) is -0.568. The third-order valence-electron chi connectivity index (χ3n) is 2.74. The predicted octanol–water partition coefficient (Wildman–Crippen LogP) is 0.753. The van der Waals surface area contributed by atoms with Crippen LogP contribution in [0.5, 0.6) is 0 Å². The number of aryl methyl sites for hydroxylation is 2. The highest BCUT2D eigenvalue weighted by Crippen LogP contribution is 2.10. The van der Waals surface area contributed by atoms with E-state index in [9.17, 15) is 9.90 Å². The number of nitrogens with one attached hydrogen (secondary N) is 1. The van der Waals surface area contributed by atoms with Gasteiger partial charge in [-0.25, -0.2) is 0 Å². The number of carbonyl (C=O) groups is 1. The summed E-state index contributed by atoms with van der Waals surface area (Å²) in [5.74, 6) is 0.0592. The smallest absolute Gasteiger partial charge is 0.178 e. The van der Waals surface area contributed by atoms with E-state index in [0.29, 0.717) is 13.1 Å². The van der Waals surface area contributed by atoms with E-state index in [1.54, 1.807) is 12.0 Å². The van der Waals surface area contributed by atoms with Gasteiger partial charge >= 0.3 is 0 Å². The van der Waals surface area contributed by atoms with Crippen LogP contribution in [-0.2, 0) is 4.74 Å². The van der Waals surface area contributed by atoms with Crippen LogP contribution >= 0.6 is 0 Å². The molecule has 0 aliphatic rings. The summed E-state index contributed by atoms with van der Waals surface area (Å²) in [6, 6.07) is 1.86. The lowest BCUT2D eigenvalue weighted by atomic mass is 10.1. The molecule has 1 unspecified atom stereocenters. The fourth-order valence-electron chi connectivity index (χ4n) is 2.01. The number of H-pyrrole nitrogens is 1. The van der Waals surface area contributed by atoms with Crippen LogP contribution in [0.4, 0.5) is 0 Å². The lowest BCUT2D eigenvalue weighted by Gasteiger charge is -2.19. The second kappa shape index (κ2) is 6.68. The number of aliphatic hydroxyl groups excluding tert-OH is 1. The number of likely N-dealkylation sites (N-methyl/N-ethyl adjacent to an activating group) is 1. The molecule has 0 saturated carbocycles. The highest BCUT2D eigenvalue weighted by Gasteiger charge is 2.15. The topological polar surface area (TPSA) is 65.6 Å². The summed E-state index contributed by atoms with van der Waals surface area (Å²) in [4.78, 5) is 17.0. The Hall–Kier alpha value is -1.17. The van der Waals surface area contributed by atoms with Crippen LogP contribution in [0.1, 0.15) is 21.7 Å². The zero-order chi connectivity index (χ0) is 13.7. The van der Waals surface area contributed by atoms with Crippen molar-refractivity contribution in [3.05, 3.63) is 23.0 Å². The maximum absolute atomic E-state index is 12.1. The fourth-order valence-corrected chi connectivity index (χ4v) is 2.01. The number of ether oxygens (including phenoxy) is 1. The van der Waals surface area contributed by atoms with E-state index in [2.05, 4.69) is 4.98 Å². The summed E-state index contributed by atoms with van der Waals surface area (Å²) in [7, 11) is 3.35. The van der Waals surface area contributed by atoms with Crippen LogP contribution in [0.3, 0.4) is 0 Å². The molecule has 0 saturated heterocycles. The van der Waals surface area contributed by atoms with Gasteiger partial charge in [0.2, 0.25) is 0 Å². The predicted molar refractivity (Wildman–Crippen MR) is 70.0 cm³/mol. The van der Waals surface area contributed by atoms with Gasteiger partial charge in [-0.2, -0.15) is 0 Å². The SMILES string of the molecule is COCC(O)CN(C)CC(=O)c1cc(C)[nH]c1C. The van der Waals surface area contributed by atoms with Gasteiger partial charge in [-0.05, 0) is 27.0 Å². The number of hydrogen-bond acceptors (Lipinski definition) is 4. The molecule has 0 radical (unpaired) electrons. The Morgan fingerprint density at radius 1 is 1.56 bits per heavy atom. The maximum atomic E-state index is 12.1. The number of rotatable bonds is 7. The Morgan fingerprint density at radius 2 is 2.22 bits per heavy atom. The Labute approximate surface area is 108 Å². The van der Waals surface area contributed by atoms with Gasteiger partial charge in [-0.1, -0.05) is 0 Å². The van der Waals surface area contributed by atoms with Crippen LogP contribution in [0, 0.1) is 13.8 Å². The van der Waals surface area contributed by atoms with E-state index in [1.807, 2.05) is 27.0 Å². The normalized spacial score (nSPS) is 13.0. The number of aromatic amines is 1. The minimum atomic E-state index is -0.568. The first-order valence-electron chi connectivity index (χ1n) is 5.99. The fraction of sp³-hybridized carbons (Fsp3) is 0.615. The summed E-state index contributed by atoms with van der Waals surface area (Å²) in [5.41, 5.74) is 2.60. The van der Waals surface area contributed by atoms with Crippen molar-refractivity contribution >= 4 is 5.78 Å². The largest absolute Gasteiger partial charge is 0.389 e. The van der Waals surface area contributed by atoms with Crippen LogP contribution < -0.4 is 0 Å². The molecule has 1 rings (SSSR count). The number of carbonyl (C=O) groups excluding carboxylic acids is 1. The van der Waals surface area contributed by atoms with Crippen molar-refractivity contribution in [3.63, 3.8) is 0 Å². The third kappa shape index (κ3) is 4.25. The van der Waals surface area contributed by atoms with E-state index < -0.39 is 6.10 Å². The lowest BCUT2D eigenvalue weighted by molar-refractivity contribution is 0.0427. The molecule has 0 spiro atoms. The Bertz CT molecular complexity index is 401. The second-order valence-corrected chi connectivity index (χ2v) is 4.72. The number of nitrogens with zero attached hydrogens (tertiary/aromatic N) is 1. The van der Waals surface area contributed by atoms with Crippen molar-refractivity contribution in [1.29, 1.82) is 0 Å². The highest BCUT2D eigenvalue weighted by atomic mass is 16.5. The quantitative estimate of drug-likeness (QED) is 0.705. The first-order valence-corrected chi connectivity index (χ1v) is 5.99. The molecule has 0 fully saturated rings. The minimum Gasteiger partial charge on any atom is -0.389 e. The summed E-state index contributed by atoms with van der Waals surface area (Å²) < 4.78 is 4.85. The second-order valence-electron chi connectivity index (χ2n) is 4.72. The standard InChI is InChI=1S/C13H22N2O3/c1-9-5-12(10(2)14-9)13(17)7-15(3)6-11(16)8-18-4/h5,11,14,16H,6-8H2,1-4H3. The molecule has 102 valence electrons. The molecule has 0 aliphatic carbocycles. The van der Waals surface area contributed by atoms with Gasteiger partial charge in [0.1, 0.15) is 0 Å². The van der Waals surface area contributed by atoms with Gasteiger partial charge in [-0.3, -0.25) is 9.69 Å². The lowest BCUT2D eigenvalue weighted by Crippen LogP contribution is -2.35. The van der Waals surface area contributed by atoms with E-state index >= 15 is 0 Å². The maximum Gasteiger partial charge on any atom is 0.178 e. The van der Waals surface area contributed by atoms with Crippen molar-refractivity contribution in [2.24, 2.45) is 0 Å². The number of methoxy groups -OCH3 is 1. The average molecular weight is 254 g/mol. The van der Waals surface area contributed by atoms with Crippen LogP contribution in [0.15, 0.2) is 6.07 Å². The number of aromatic nitrogens is 1. The molecule has 1 aromatic rings. The molecule has 0 amide bonds. The van der Waals surface area contributed by atoms with Gasteiger partial charge in [-0.15, -0.1) is 0 Å². The van der Waals surface area contributed by atoms with Crippen molar-refractivity contribution in [2.75, 3.05) is 33.9 Å². The van der Waals surface area contributed by atoms with E-state index in [4.69, 9.17) is 4.74 Å². The first kappa shape index (κ1) is 14.9. The Morgan fingerprint density at radius 3 is 2.72 bits per heavy atom. The molecule has 5 heteroatoms. The monoisotopic (exact) mass is 254 g/mol. The number of hydrogen-bond donors (Lipinski definition) is 2. The molecule has 0 bridgehead atoms. The molecular weight excluding hydrogens is 232 g/mol. The molecule has 0 aromatic carbocycles. The molecule has 18 heavy (non-hydrogen) atoms. The molecule has 0 aliphatic heterocycles. The van der Waals surface area contributed by atoms with Gasteiger partial charge in [0.15, 0.2) is 5.78 Å². The summed E-state index contributed by atoms with van der Waals surface area (Å²) >= 11 is 0. The molecule has 5 nitrogen and oxygen atoms in total. The van der Waals surface area contributed by atoms with Crippen LogP contribution in [-0.4, -0.2) is 60.7 Å². The Kier molecular flexibility index (Phi) is 5.53. The van der Waals surface area contributed by atoms with Crippen molar-refractivity contribution in [2.45, 2.75) is 20.0 Å². The number of aliphatic hydroxyl groups is 1. The van der Waals surface area contributed by atoms with Gasteiger partial charge in [0.05, 0.1) is 19.3 Å². The van der Waals surface area contributed by atoms with Crippen LogP contribution in [0.2, 0.25) is 0 Å². The zero-order valence-electron chi connectivity index (χ0n) is 11.5. The van der Waals surface area contributed by atoms with E-state index in [-0.39, 0.29) is 12.4 Å². The average Bonchev–Trinajstić information content (AvgIpc) is 2.57. The Balaban J connectivity index is 2.52. The molecule has 2 N–H and O–H groups in total. The van der Waals surface area contributed by atoms with Gasteiger partial charge in [0, 0.05) is 30.6 Å². The van der Waals surface area contributed by atoms with Gasteiger partial charge < -0.3 is 14.8 Å². The zero-order valence-corrected chi connectivity index (χ0v) is 11.5. The van der Waals surface area contributed by atoms with Gasteiger partial charge in [0.25, 0.3) is 0 Å². The highest BCUT2D eigenvalue weighted by molar-refractivity contribution is 5.98. The molecule has 1 heterocycles. The number of ketones is 1. The molecule has 1 atom stereocenters. The van der Waals surface area contributed by atoms with Crippen molar-refractivity contribution in [1.82, 2.24) is 9.88 Å². The molecular formula is C13H22N2O3. The summed E-state index contributed by atoms with van der Waals surface area (Å²) in [6.45, 7) is 4.80.